The van der Waals surface area contributed by atoms with Crippen molar-refractivity contribution < 1.29 is 14.3 Å². The molecule has 10 heteroatoms. The van der Waals surface area contributed by atoms with E-state index in [0.717, 1.165) is 19.3 Å². The third kappa shape index (κ3) is 5.32. The average Bonchev–Trinajstić information content (AvgIpc) is 3.21. The summed E-state index contributed by atoms with van der Waals surface area (Å²) >= 11 is 1.26. The number of hydrogen-bond donors (Lipinski definition) is 1. The number of thioether (sulfide) groups is 1. The van der Waals surface area contributed by atoms with Crippen LogP contribution in [0.5, 0.6) is 0 Å². The minimum atomic E-state index is -0.216. The molecule has 0 aliphatic heterocycles. The van der Waals surface area contributed by atoms with Crippen molar-refractivity contribution in [3.05, 3.63) is 47.3 Å². The van der Waals surface area contributed by atoms with Crippen molar-refractivity contribution in [3.8, 4) is 0 Å². The van der Waals surface area contributed by atoms with Gasteiger partial charge in [-0.25, -0.2) is 0 Å². The summed E-state index contributed by atoms with van der Waals surface area (Å²) in [6.45, 7) is 4.57. The molecule has 9 nitrogen and oxygen atoms in total. The molecule has 164 valence electrons. The van der Waals surface area contributed by atoms with Crippen LogP contribution in [0.2, 0.25) is 0 Å². The highest BCUT2D eigenvalue weighted by Crippen LogP contribution is 2.21. The normalized spacial score (nSPS) is 11.0. The van der Waals surface area contributed by atoms with Gasteiger partial charge in [-0.05, 0) is 25.0 Å². The number of carbonyl (C=O) groups excluding carboxylic acids is 2. The number of amides is 1. The van der Waals surface area contributed by atoms with E-state index >= 15 is 0 Å². The van der Waals surface area contributed by atoms with Gasteiger partial charge in [-0.2, -0.15) is 0 Å². The smallest absolute Gasteiger partial charge is 0.305 e. The van der Waals surface area contributed by atoms with Crippen LogP contribution < -0.4 is 10.9 Å². The van der Waals surface area contributed by atoms with Gasteiger partial charge in [0.05, 0.1) is 23.8 Å². The van der Waals surface area contributed by atoms with Gasteiger partial charge in [0.1, 0.15) is 0 Å². The van der Waals surface area contributed by atoms with E-state index in [1.54, 1.807) is 16.5 Å². The highest BCUT2D eigenvalue weighted by Gasteiger charge is 2.17. The lowest BCUT2D eigenvalue weighted by Gasteiger charge is -2.09. The molecule has 1 amide bonds. The van der Waals surface area contributed by atoms with E-state index in [1.807, 2.05) is 18.2 Å². The van der Waals surface area contributed by atoms with E-state index in [0.29, 0.717) is 41.3 Å². The molecule has 0 atom stereocenters. The molecule has 0 saturated carbocycles. The van der Waals surface area contributed by atoms with Crippen LogP contribution in [0.4, 0.5) is 0 Å². The Balaban J connectivity index is 1.65. The fraction of sp³-hybridized carbons (Fsp3) is 0.381. The van der Waals surface area contributed by atoms with Crippen LogP contribution in [0, 0.1) is 0 Å². The highest BCUT2D eigenvalue weighted by atomic mass is 32.2. The second-order valence-corrected chi connectivity index (χ2v) is 7.81. The zero-order valence-corrected chi connectivity index (χ0v) is 18.2. The maximum absolute atomic E-state index is 12.8. The van der Waals surface area contributed by atoms with Crippen LogP contribution in [-0.4, -0.2) is 50.4 Å². The van der Waals surface area contributed by atoms with E-state index in [9.17, 15) is 14.4 Å². The van der Waals surface area contributed by atoms with Gasteiger partial charge in [-0.3, -0.25) is 23.4 Å². The van der Waals surface area contributed by atoms with Gasteiger partial charge in [0, 0.05) is 19.5 Å². The summed E-state index contributed by atoms with van der Waals surface area (Å²) in [6, 6.07) is 7.26. The van der Waals surface area contributed by atoms with Crippen molar-refractivity contribution >= 4 is 40.3 Å². The molecule has 0 saturated heterocycles. The van der Waals surface area contributed by atoms with E-state index in [1.165, 1.54) is 23.4 Å². The highest BCUT2D eigenvalue weighted by molar-refractivity contribution is 7.99. The lowest BCUT2D eigenvalue weighted by atomic mass is 10.2. The fourth-order valence-corrected chi connectivity index (χ4v) is 3.97. The number of ether oxygens (including phenoxy) is 1. The van der Waals surface area contributed by atoms with Gasteiger partial charge in [-0.15, -0.1) is 16.8 Å². The maximum Gasteiger partial charge on any atom is 0.305 e. The zero-order valence-electron chi connectivity index (χ0n) is 17.4. The van der Waals surface area contributed by atoms with Crippen molar-refractivity contribution in [3.63, 3.8) is 0 Å². The number of nitrogens with one attached hydrogen (secondary N) is 1. The summed E-state index contributed by atoms with van der Waals surface area (Å²) < 4.78 is 7.91. The van der Waals surface area contributed by atoms with Gasteiger partial charge >= 0.3 is 5.97 Å². The predicted octanol–water partition coefficient (Wildman–Crippen LogP) is 2.17. The molecule has 31 heavy (non-hydrogen) atoms. The SMILES string of the molecule is C=CCn1c(=O)c2ccccc2n2c(SCC(=O)NCCCCCC(=O)OC)nnc12. The summed E-state index contributed by atoms with van der Waals surface area (Å²) in [6.07, 6.45) is 4.40. The number of rotatable bonds is 11. The number of para-hydroxylation sites is 1. The minimum Gasteiger partial charge on any atom is -0.469 e. The largest absolute Gasteiger partial charge is 0.469 e. The molecule has 0 bridgehead atoms. The van der Waals surface area contributed by atoms with E-state index in [4.69, 9.17) is 0 Å². The molecule has 0 radical (unpaired) electrons. The zero-order chi connectivity index (χ0) is 22.2. The standard InChI is InChI=1S/C21H25N5O4S/c1-3-13-25-19(29)15-9-6-7-10-16(15)26-20(25)23-24-21(26)31-14-17(27)22-12-8-4-5-11-18(28)30-2/h3,6-7,9-10H,1,4-5,8,11-14H2,2H3,(H,22,27). The Morgan fingerprint density at radius 1 is 1.23 bits per heavy atom. The monoisotopic (exact) mass is 443 g/mol. The molecule has 3 rings (SSSR count). The number of fused-ring (bicyclic) bond motifs is 3. The number of allylic oxidation sites excluding steroid dienone is 1. The number of methoxy groups -OCH3 is 1. The fourth-order valence-electron chi connectivity index (χ4n) is 3.20. The first-order valence-corrected chi connectivity index (χ1v) is 11.0. The molecule has 1 aromatic carbocycles. The van der Waals surface area contributed by atoms with E-state index in [2.05, 4.69) is 26.8 Å². The van der Waals surface area contributed by atoms with Crippen molar-refractivity contribution in [2.45, 2.75) is 37.4 Å². The number of hydrogen-bond acceptors (Lipinski definition) is 7. The summed E-state index contributed by atoms with van der Waals surface area (Å²) in [5.74, 6) is 0.264. The summed E-state index contributed by atoms with van der Waals surface area (Å²) in [5, 5.41) is 12.3. The van der Waals surface area contributed by atoms with Crippen LogP contribution in [0.1, 0.15) is 25.7 Å². The topological polar surface area (TPSA) is 108 Å². The molecule has 0 unspecified atom stereocenters. The second-order valence-electron chi connectivity index (χ2n) is 6.86. The first-order valence-electron chi connectivity index (χ1n) is 10.0. The number of esters is 1. The lowest BCUT2D eigenvalue weighted by Crippen LogP contribution is -2.26. The Kier molecular flexibility index (Phi) is 7.82. The molecule has 0 aliphatic rings. The molecule has 2 aromatic heterocycles. The Bertz CT molecular complexity index is 1150. The number of unbranched alkanes of at least 4 members (excludes halogenated alkanes) is 2. The Morgan fingerprint density at radius 3 is 2.81 bits per heavy atom. The summed E-state index contributed by atoms with van der Waals surface area (Å²) in [4.78, 5) is 36.1. The first-order chi connectivity index (χ1) is 15.1. The molecule has 1 N–H and O–H groups in total. The van der Waals surface area contributed by atoms with Crippen LogP contribution in [-0.2, 0) is 20.9 Å². The third-order valence-corrected chi connectivity index (χ3v) is 5.66. The van der Waals surface area contributed by atoms with Crippen LogP contribution in [0.3, 0.4) is 0 Å². The second kappa shape index (κ2) is 10.8. The van der Waals surface area contributed by atoms with Crippen molar-refractivity contribution in [1.29, 1.82) is 0 Å². The Labute approximate surface area is 183 Å². The van der Waals surface area contributed by atoms with Gasteiger partial charge < -0.3 is 10.1 Å². The van der Waals surface area contributed by atoms with Crippen LogP contribution in [0.15, 0.2) is 46.9 Å². The molecular formula is C21H25N5O4S. The molecule has 0 fully saturated rings. The summed E-state index contributed by atoms with van der Waals surface area (Å²) in [7, 11) is 1.38. The van der Waals surface area contributed by atoms with Crippen molar-refractivity contribution in [2.24, 2.45) is 0 Å². The molecule has 0 spiro atoms. The first kappa shape index (κ1) is 22.5. The number of nitrogens with zero attached hydrogens (tertiary/aromatic N) is 4. The van der Waals surface area contributed by atoms with Crippen LogP contribution >= 0.6 is 11.8 Å². The van der Waals surface area contributed by atoms with E-state index < -0.39 is 0 Å². The maximum atomic E-state index is 12.8. The van der Waals surface area contributed by atoms with Gasteiger partial charge in [0.15, 0.2) is 5.16 Å². The molecule has 3 aromatic rings. The number of aromatic nitrogens is 4. The van der Waals surface area contributed by atoms with Crippen LogP contribution in [0.25, 0.3) is 16.7 Å². The van der Waals surface area contributed by atoms with Gasteiger partial charge in [0.25, 0.3) is 5.56 Å². The van der Waals surface area contributed by atoms with E-state index in [-0.39, 0.29) is 23.2 Å². The Morgan fingerprint density at radius 2 is 2.03 bits per heavy atom. The predicted molar refractivity (Wildman–Crippen MR) is 119 cm³/mol. The van der Waals surface area contributed by atoms with Gasteiger partial charge in [-0.1, -0.05) is 36.4 Å². The Hall–Kier alpha value is -3.14. The minimum absolute atomic E-state index is 0.113. The number of carbonyl (C=O) groups is 2. The molecule has 0 aliphatic carbocycles. The van der Waals surface area contributed by atoms with Crippen molar-refractivity contribution in [2.75, 3.05) is 19.4 Å². The third-order valence-electron chi connectivity index (χ3n) is 4.73. The average molecular weight is 444 g/mol. The molecular weight excluding hydrogens is 418 g/mol. The van der Waals surface area contributed by atoms with Crippen molar-refractivity contribution in [1.82, 2.24) is 24.5 Å². The quantitative estimate of drug-likeness (QED) is 0.209. The lowest BCUT2D eigenvalue weighted by molar-refractivity contribution is -0.140. The molecule has 2 heterocycles. The number of benzene rings is 1. The van der Waals surface area contributed by atoms with Gasteiger partial charge in [0.2, 0.25) is 11.7 Å². The summed E-state index contributed by atoms with van der Waals surface area (Å²) in [5.41, 5.74) is 0.540.